The summed E-state index contributed by atoms with van der Waals surface area (Å²) in [6.45, 7) is 43.1. The predicted molar refractivity (Wildman–Crippen MR) is 570 cm³/mol. The second kappa shape index (κ2) is 49.5. The Morgan fingerprint density at radius 1 is 0.333 bits per heavy atom. The van der Waals surface area contributed by atoms with Gasteiger partial charge >= 0.3 is 0 Å². The monoisotopic (exact) mass is 1860 g/mol. The van der Waals surface area contributed by atoms with Crippen LogP contribution in [0.3, 0.4) is 0 Å². The van der Waals surface area contributed by atoms with E-state index in [2.05, 4.69) is 186 Å². The molecular weight excluding hydrogens is 1730 g/mol. The van der Waals surface area contributed by atoms with Crippen LogP contribution < -0.4 is 60.6 Å². The fraction of sp³-hybridized carbons (Fsp3) is 0.277. The lowest BCUT2D eigenvalue weighted by molar-refractivity contribution is -0.127. The normalized spacial score (nSPS) is 15.3. The number of rotatable bonds is 27. The van der Waals surface area contributed by atoms with Crippen LogP contribution in [-0.2, 0) is 38.2 Å². The van der Waals surface area contributed by atoms with Gasteiger partial charge in [0.25, 0.3) is 29.5 Å². The minimum Gasteiger partial charge on any atom is -0.476 e. The van der Waals surface area contributed by atoms with E-state index in [4.69, 9.17) is 15.2 Å². The van der Waals surface area contributed by atoms with Crippen LogP contribution in [0.15, 0.2) is 320 Å². The molecule has 0 unspecified atom stereocenters. The van der Waals surface area contributed by atoms with Gasteiger partial charge in [0.05, 0.1) is 58.4 Å². The molecule has 15 rings (SSSR count). The second-order valence-corrected chi connectivity index (χ2v) is 33.5. The number of hydrogen-bond acceptors (Lipinski definition) is 20. The van der Waals surface area contributed by atoms with Crippen LogP contribution in [0.5, 0.6) is 0 Å². The first kappa shape index (κ1) is 103. The van der Waals surface area contributed by atoms with Crippen molar-refractivity contribution < 1.29 is 38.2 Å². The molecule has 5 aliphatic rings. The third-order valence-electron chi connectivity index (χ3n) is 23.2. The fourth-order valence-corrected chi connectivity index (χ4v) is 15.5. The van der Waals surface area contributed by atoms with Crippen LogP contribution in [0.25, 0.3) is 30.4 Å². The Hall–Kier alpha value is -15.7. The zero-order chi connectivity index (χ0) is 99.1. The summed E-state index contributed by atoms with van der Waals surface area (Å²) in [5.74, 6) is 0.733. The van der Waals surface area contributed by atoms with E-state index in [-0.39, 0.29) is 47.1 Å². The zero-order valence-corrected chi connectivity index (χ0v) is 82.8. The maximum absolute atomic E-state index is 13.2. The number of nitrogens with zero attached hydrogens (tertiary/aromatic N) is 16. The summed E-state index contributed by atoms with van der Waals surface area (Å²) in [4.78, 5) is 90.7. The molecule has 6 amide bonds. The summed E-state index contributed by atoms with van der Waals surface area (Å²) in [6, 6.07) is 85.7. The first-order chi connectivity index (χ1) is 66.7. The maximum atomic E-state index is 13.2. The third kappa shape index (κ3) is 25.8. The molecular formula is C112H130N18O8. The van der Waals surface area contributed by atoms with Crippen molar-refractivity contribution in [1.29, 1.82) is 0 Å². The van der Waals surface area contributed by atoms with Gasteiger partial charge in [-0.1, -0.05) is 166 Å². The molecule has 0 spiro atoms. The Balaban J connectivity index is 0.000000166. The van der Waals surface area contributed by atoms with E-state index < -0.39 is 5.41 Å². The fourth-order valence-electron chi connectivity index (χ4n) is 15.5. The average molecular weight is 1860 g/mol. The van der Waals surface area contributed by atoms with E-state index in [1.807, 2.05) is 284 Å². The summed E-state index contributed by atoms with van der Waals surface area (Å²) in [7, 11) is 3.80. The van der Waals surface area contributed by atoms with Crippen molar-refractivity contribution >= 4 is 152 Å². The number of benzene rings is 10. The van der Waals surface area contributed by atoms with Gasteiger partial charge in [-0.2, -0.15) is 25.0 Å². The molecule has 0 bridgehead atoms. The Labute approximate surface area is 813 Å². The molecule has 0 saturated heterocycles. The topological polar surface area (TPSA) is 256 Å². The van der Waals surface area contributed by atoms with Gasteiger partial charge in [-0.3, -0.25) is 28.8 Å². The van der Waals surface area contributed by atoms with Crippen LogP contribution in [0, 0.1) is 12.3 Å². The van der Waals surface area contributed by atoms with E-state index in [0.717, 1.165) is 127 Å². The number of carbonyl (C=O) groups is 6. The number of aryl methyl sites for hydroxylation is 1. The molecule has 10 aromatic carbocycles. The summed E-state index contributed by atoms with van der Waals surface area (Å²) in [6.07, 6.45) is 9.19. The van der Waals surface area contributed by atoms with Gasteiger partial charge in [0.2, 0.25) is 17.7 Å². The molecule has 5 aliphatic heterocycles. The van der Waals surface area contributed by atoms with Crippen molar-refractivity contribution in [3.63, 3.8) is 0 Å². The molecule has 0 aromatic heterocycles. The zero-order valence-electron chi connectivity index (χ0n) is 82.8. The highest BCUT2D eigenvalue weighted by Crippen LogP contribution is 2.34. The molecule has 26 nitrogen and oxygen atoms in total. The molecule has 716 valence electrons. The minimum absolute atomic E-state index is 0.113. The third-order valence-corrected chi connectivity index (χ3v) is 23.2. The number of anilines is 10. The van der Waals surface area contributed by atoms with Gasteiger partial charge in [-0.25, -0.2) is 0 Å². The molecule has 0 aliphatic carbocycles. The van der Waals surface area contributed by atoms with Gasteiger partial charge in [0.1, 0.15) is 11.1 Å². The number of hydrogen-bond donors (Lipinski definition) is 2. The van der Waals surface area contributed by atoms with E-state index in [1.54, 1.807) is 12.2 Å². The maximum Gasteiger partial charge on any atom is 0.284 e. The first-order valence-corrected chi connectivity index (χ1v) is 47.5. The van der Waals surface area contributed by atoms with Gasteiger partial charge in [0, 0.05) is 113 Å². The Morgan fingerprint density at radius 3 is 0.920 bits per heavy atom. The van der Waals surface area contributed by atoms with Gasteiger partial charge in [-0.15, -0.1) is 25.5 Å². The van der Waals surface area contributed by atoms with Crippen molar-refractivity contribution in [3.05, 3.63) is 328 Å². The molecule has 0 atom stereocenters. The lowest BCUT2D eigenvalue weighted by atomic mass is 9.95. The van der Waals surface area contributed by atoms with Crippen molar-refractivity contribution in [2.24, 2.45) is 36.7 Å². The molecule has 0 radical (unpaired) electrons. The predicted octanol–water partition coefficient (Wildman–Crippen LogP) is 20.4. The number of carbonyl (C=O) groups excluding carboxylic acids is 6. The number of amidine groups is 3. The molecule has 3 N–H and O–H groups in total. The first-order valence-electron chi connectivity index (χ1n) is 47.5. The highest BCUT2D eigenvalue weighted by Gasteiger charge is 2.38. The Bertz CT molecular complexity index is 6130. The van der Waals surface area contributed by atoms with E-state index in [0.29, 0.717) is 70.1 Å². The number of likely N-dealkylation sites (N-methyl/N-ethyl adjacent to an activating group) is 1. The number of hydrazone groups is 5. The SMILES string of the molecule is CCN(CC)c1ccc(/C=C2\C(=O)N(c3ccccc3)N=C2N(C)C)cc1.CCN(CC)c1ccc(/C=C2\C(=O)N(c3ccccc3)N=C2N)cc1.CCN(CC)c1ccc(/C=C2\C(=O)N(c3ccccc3)N=C2NC(=O)C(C)(C)C)cc1.CCOC1=NN(c2ccccc2)C(=O)/C1=C\c1ccc(N(CC)CC)cc1.CCOC1=NN(c2ccccc2)C(=O)/C1=C\c1ccc(N(CC)CC)cc1C. The molecule has 0 fully saturated rings. The lowest BCUT2D eigenvalue weighted by Gasteiger charge is -2.22. The standard InChI is InChI=1S/C25H30N4O2.C23H27N3O2.C22H26N4O.C22H25N3O2.C20H22N4O/c1-6-28(7-2)19-15-13-18(14-16-19)17-21-22(26-24(31)25(3,4)5)27-29(23(21)30)20-11-9-8-10-12-20;1-5-25(6-2)20-14-13-18(17(4)15-20)16-21-22(28-7-3)24-26(23(21)27)19-11-9-8-10-12-19;1-5-25(6-2)18-14-12-17(13-15-18)16-20-21(24(3)4)23-26(22(20)27)19-10-8-7-9-11-19;1-4-24(5-2)18-14-12-17(13-15-18)16-20-21(27-6-3)23-25(22(20)26)19-10-8-7-9-11-19;1-3-23(4-2)16-12-10-15(11-13-16)14-18-19(21)22-24(20(18)25)17-8-6-5-7-9-17/h8-17H,6-7H2,1-5H3,(H,26,27,31);8-16H,5-7H2,1-4H3;7-16H,5-6H2,1-4H3;7-16H,4-6H2,1-3H3;5-14H,3-4H2,1-2H3,(H2,21,22)/b21-17-;21-16-;2*20-16-;18-14-. The van der Waals surface area contributed by atoms with Crippen molar-refractivity contribution in [1.82, 2.24) is 10.2 Å². The Morgan fingerprint density at radius 2 is 0.601 bits per heavy atom. The summed E-state index contributed by atoms with van der Waals surface area (Å²) >= 11 is 0. The summed E-state index contributed by atoms with van der Waals surface area (Å²) in [5, 5.41) is 31.7. The van der Waals surface area contributed by atoms with Crippen LogP contribution >= 0.6 is 0 Å². The molecule has 26 heteroatoms. The quantitative estimate of drug-likeness (QED) is 0.0454. The number of para-hydroxylation sites is 5. The van der Waals surface area contributed by atoms with Crippen LogP contribution in [0.4, 0.5) is 56.9 Å². The van der Waals surface area contributed by atoms with Crippen LogP contribution in [0.2, 0.25) is 0 Å². The number of nitrogens with two attached hydrogens (primary N) is 1. The van der Waals surface area contributed by atoms with Gasteiger partial charge in [-0.05, 0) is 275 Å². The number of nitrogens with one attached hydrogen (secondary N) is 1. The molecule has 0 saturated carbocycles. The minimum atomic E-state index is -0.609. The number of ether oxygens (including phenoxy) is 2. The van der Waals surface area contributed by atoms with Crippen LogP contribution in [-0.4, -0.2) is 162 Å². The highest BCUT2D eigenvalue weighted by molar-refractivity contribution is 6.36. The second-order valence-electron chi connectivity index (χ2n) is 33.5. The van der Waals surface area contributed by atoms with Crippen LogP contribution in [0.1, 0.15) is 137 Å². The lowest BCUT2D eigenvalue weighted by Crippen LogP contribution is -2.39. The van der Waals surface area contributed by atoms with Crippen molar-refractivity contribution in [2.75, 3.05) is 142 Å². The van der Waals surface area contributed by atoms with E-state index >= 15 is 0 Å². The Kier molecular flexibility index (Phi) is 36.9. The van der Waals surface area contributed by atoms with Gasteiger partial charge < -0.3 is 49.9 Å². The molecule has 10 aromatic rings. The summed E-state index contributed by atoms with van der Waals surface area (Å²) in [5.41, 5.74) is 22.9. The molecule has 5 heterocycles. The largest absolute Gasteiger partial charge is 0.476 e. The average Bonchev–Trinajstić information content (AvgIpc) is 1.71. The smallest absolute Gasteiger partial charge is 0.284 e. The summed E-state index contributed by atoms with van der Waals surface area (Å²) < 4.78 is 11.3. The van der Waals surface area contributed by atoms with E-state index in [1.165, 1.54) is 42.1 Å². The molecule has 138 heavy (non-hydrogen) atoms. The van der Waals surface area contributed by atoms with E-state index in [9.17, 15) is 28.8 Å². The number of amides is 6. The van der Waals surface area contributed by atoms with Gasteiger partial charge in [0.15, 0.2) is 17.5 Å². The van der Waals surface area contributed by atoms with Crippen molar-refractivity contribution in [2.45, 2.75) is 111 Å². The highest BCUT2D eigenvalue weighted by atomic mass is 16.5. The van der Waals surface area contributed by atoms with Crippen molar-refractivity contribution in [3.8, 4) is 0 Å².